The van der Waals surface area contributed by atoms with E-state index in [1.54, 1.807) is 23.0 Å². The van der Waals surface area contributed by atoms with Crippen molar-refractivity contribution >= 4 is 17.6 Å². The first-order chi connectivity index (χ1) is 11.7. The Morgan fingerprint density at radius 2 is 1.96 bits per heavy atom. The topological polar surface area (TPSA) is 71.1 Å². The van der Waals surface area contributed by atoms with Crippen molar-refractivity contribution < 1.29 is 19.1 Å². The van der Waals surface area contributed by atoms with Crippen LogP contribution < -0.4 is 10.1 Å². The summed E-state index contributed by atoms with van der Waals surface area (Å²) in [5.41, 5.74) is 0.692. The summed E-state index contributed by atoms with van der Waals surface area (Å²) in [4.78, 5) is 28.2. The molecule has 0 radical (unpaired) electrons. The second kappa shape index (κ2) is 7.53. The molecule has 1 aromatic rings. The fourth-order valence-electron chi connectivity index (χ4n) is 3.01. The molecule has 7 heteroatoms. The number of methoxy groups -OCH3 is 1. The van der Waals surface area contributed by atoms with Gasteiger partial charge >= 0.3 is 6.03 Å². The van der Waals surface area contributed by atoms with Crippen molar-refractivity contribution in [1.82, 2.24) is 9.80 Å². The molecule has 1 aromatic carbocycles. The number of hydrogen-bond donors (Lipinski definition) is 1. The Morgan fingerprint density at radius 1 is 1.21 bits per heavy atom. The quantitative estimate of drug-likeness (QED) is 0.911. The lowest BCUT2D eigenvalue weighted by molar-refractivity contribution is -0.142. The van der Waals surface area contributed by atoms with E-state index in [1.807, 2.05) is 18.2 Å². The highest BCUT2D eigenvalue weighted by Gasteiger charge is 2.31. The number of urea groups is 1. The Balaban J connectivity index is 1.50. The summed E-state index contributed by atoms with van der Waals surface area (Å²) in [5.74, 6) is 0.750. The van der Waals surface area contributed by atoms with E-state index in [-0.39, 0.29) is 18.0 Å². The van der Waals surface area contributed by atoms with Crippen molar-refractivity contribution in [2.24, 2.45) is 0 Å². The van der Waals surface area contributed by atoms with E-state index in [2.05, 4.69) is 5.32 Å². The van der Waals surface area contributed by atoms with Crippen LogP contribution in [0.5, 0.6) is 5.75 Å². The maximum atomic E-state index is 12.3. The van der Waals surface area contributed by atoms with Gasteiger partial charge in [0.1, 0.15) is 11.9 Å². The van der Waals surface area contributed by atoms with Crippen LogP contribution in [0.1, 0.15) is 12.8 Å². The van der Waals surface area contributed by atoms with Gasteiger partial charge in [-0.2, -0.15) is 0 Å². The predicted molar refractivity (Wildman–Crippen MR) is 89.1 cm³/mol. The third kappa shape index (κ3) is 3.79. The van der Waals surface area contributed by atoms with Crippen LogP contribution in [-0.2, 0) is 9.53 Å². The second-order valence-electron chi connectivity index (χ2n) is 5.98. The lowest BCUT2D eigenvalue weighted by Crippen LogP contribution is -2.53. The molecule has 0 bridgehead atoms. The lowest BCUT2D eigenvalue weighted by Gasteiger charge is -2.35. The minimum Gasteiger partial charge on any atom is -0.497 e. The zero-order chi connectivity index (χ0) is 16.9. The van der Waals surface area contributed by atoms with Gasteiger partial charge in [0.2, 0.25) is 0 Å². The molecule has 0 aromatic heterocycles. The van der Waals surface area contributed by atoms with Gasteiger partial charge < -0.3 is 24.6 Å². The van der Waals surface area contributed by atoms with Gasteiger partial charge in [0.15, 0.2) is 0 Å². The number of hydrogen-bond acceptors (Lipinski definition) is 4. The molecular formula is C17H23N3O4. The Hall–Kier alpha value is -2.28. The number of rotatable bonds is 3. The van der Waals surface area contributed by atoms with Crippen LogP contribution in [0.25, 0.3) is 0 Å². The standard InChI is InChI=1S/C17H23N3O4/c1-23-14-5-2-4-13(12-14)18-17(22)20-9-7-19(8-10-20)16(21)15-6-3-11-24-15/h2,4-5,12,15H,3,6-11H2,1H3,(H,18,22)/t15-/m0/s1. The molecule has 1 atom stereocenters. The van der Waals surface area contributed by atoms with Gasteiger partial charge in [0, 0.05) is 44.5 Å². The highest BCUT2D eigenvalue weighted by Crippen LogP contribution is 2.18. The number of nitrogens with one attached hydrogen (secondary N) is 1. The number of nitrogens with zero attached hydrogens (tertiary/aromatic N) is 2. The number of carbonyl (C=O) groups is 2. The van der Waals surface area contributed by atoms with Crippen LogP contribution in [0.15, 0.2) is 24.3 Å². The fraction of sp³-hybridized carbons (Fsp3) is 0.529. The van der Waals surface area contributed by atoms with E-state index < -0.39 is 0 Å². The molecule has 0 unspecified atom stereocenters. The molecule has 0 spiro atoms. The van der Waals surface area contributed by atoms with Crippen molar-refractivity contribution in [2.45, 2.75) is 18.9 Å². The Labute approximate surface area is 141 Å². The van der Waals surface area contributed by atoms with Crippen LogP contribution in [0.2, 0.25) is 0 Å². The maximum absolute atomic E-state index is 12.3. The van der Waals surface area contributed by atoms with Crippen LogP contribution in [0.3, 0.4) is 0 Å². The average molecular weight is 333 g/mol. The average Bonchev–Trinajstić information content (AvgIpc) is 3.16. The normalized spacial score (nSPS) is 20.8. The molecule has 2 saturated heterocycles. The largest absolute Gasteiger partial charge is 0.497 e. The summed E-state index contributed by atoms with van der Waals surface area (Å²) in [5, 5.41) is 2.86. The van der Waals surface area contributed by atoms with Crippen LogP contribution in [-0.4, -0.2) is 67.7 Å². The van der Waals surface area contributed by atoms with Gasteiger partial charge in [-0.25, -0.2) is 4.79 Å². The fourth-order valence-corrected chi connectivity index (χ4v) is 3.01. The zero-order valence-electron chi connectivity index (χ0n) is 13.9. The molecule has 2 heterocycles. The SMILES string of the molecule is COc1cccc(NC(=O)N2CCN(C(=O)[C@@H]3CCCO3)CC2)c1. The first-order valence-corrected chi connectivity index (χ1v) is 8.28. The molecule has 0 aliphatic carbocycles. The number of piperazine rings is 1. The highest BCUT2D eigenvalue weighted by molar-refractivity contribution is 5.90. The van der Waals surface area contributed by atoms with Crippen molar-refractivity contribution in [3.05, 3.63) is 24.3 Å². The summed E-state index contributed by atoms with van der Waals surface area (Å²) in [6.45, 7) is 2.80. The molecule has 7 nitrogen and oxygen atoms in total. The highest BCUT2D eigenvalue weighted by atomic mass is 16.5. The number of amides is 3. The predicted octanol–water partition coefficient (Wildman–Crippen LogP) is 1.55. The first kappa shape index (κ1) is 16.6. The summed E-state index contributed by atoms with van der Waals surface area (Å²) in [6, 6.07) is 7.08. The second-order valence-corrected chi connectivity index (χ2v) is 5.98. The van der Waals surface area contributed by atoms with Gasteiger partial charge in [-0.15, -0.1) is 0 Å². The van der Waals surface area contributed by atoms with Gasteiger partial charge in [0.05, 0.1) is 7.11 Å². The summed E-state index contributed by atoms with van der Waals surface area (Å²) in [6.07, 6.45) is 1.46. The van der Waals surface area contributed by atoms with Gasteiger partial charge in [-0.05, 0) is 25.0 Å². The van der Waals surface area contributed by atoms with Crippen LogP contribution in [0.4, 0.5) is 10.5 Å². The van der Waals surface area contributed by atoms with Crippen molar-refractivity contribution in [3.8, 4) is 5.75 Å². The smallest absolute Gasteiger partial charge is 0.321 e. The minimum atomic E-state index is -0.290. The molecule has 2 aliphatic heterocycles. The summed E-state index contributed by atoms with van der Waals surface area (Å²) in [7, 11) is 1.59. The van der Waals surface area contributed by atoms with Gasteiger partial charge in [-0.1, -0.05) is 6.07 Å². The van der Waals surface area contributed by atoms with Crippen molar-refractivity contribution in [1.29, 1.82) is 0 Å². The molecule has 3 rings (SSSR count). The number of ether oxygens (including phenoxy) is 2. The van der Waals surface area contributed by atoms with E-state index in [0.29, 0.717) is 44.2 Å². The van der Waals surface area contributed by atoms with E-state index in [0.717, 1.165) is 12.8 Å². The lowest BCUT2D eigenvalue weighted by atomic mass is 10.2. The number of benzene rings is 1. The zero-order valence-corrected chi connectivity index (χ0v) is 13.9. The van der Waals surface area contributed by atoms with Gasteiger partial charge in [-0.3, -0.25) is 4.79 Å². The van der Waals surface area contributed by atoms with Crippen molar-refractivity contribution in [2.75, 3.05) is 45.2 Å². The third-order valence-corrected chi connectivity index (χ3v) is 4.40. The van der Waals surface area contributed by atoms with Gasteiger partial charge in [0.25, 0.3) is 5.91 Å². The first-order valence-electron chi connectivity index (χ1n) is 8.28. The maximum Gasteiger partial charge on any atom is 0.321 e. The van der Waals surface area contributed by atoms with E-state index in [1.165, 1.54) is 0 Å². The van der Waals surface area contributed by atoms with Crippen LogP contribution in [0, 0.1) is 0 Å². The van der Waals surface area contributed by atoms with E-state index in [4.69, 9.17) is 9.47 Å². The van der Waals surface area contributed by atoms with Crippen LogP contribution >= 0.6 is 0 Å². The number of carbonyl (C=O) groups excluding carboxylic acids is 2. The molecule has 1 N–H and O–H groups in total. The summed E-state index contributed by atoms with van der Waals surface area (Å²) >= 11 is 0. The number of anilines is 1. The molecule has 2 fully saturated rings. The molecule has 2 aliphatic rings. The van der Waals surface area contributed by atoms with E-state index >= 15 is 0 Å². The van der Waals surface area contributed by atoms with Crippen molar-refractivity contribution in [3.63, 3.8) is 0 Å². The molecule has 24 heavy (non-hydrogen) atoms. The Morgan fingerprint density at radius 3 is 2.62 bits per heavy atom. The Bertz CT molecular complexity index is 593. The molecule has 3 amide bonds. The Kier molecular flexibility index (Phi) is 5.20. The molecule has 130 valence electrons. The summed E-state index contributed by atoms with van der Waals surface area (Å²) < 4.78 is 10.6. The van der Waals surface area contributed by atoms with E-state index in [9.17, 15) is 9.59 Å². The molecule has 0 saturated carbocycles. The molecular weight excluding hydrogens is 310 g/mol. The monoisotopic (exact) mass is 333 g/mol. The third-order valence-electron chi connectivity index (χ3n) is 4.40. The minimum absolute atomic E-state index is 0.0559.